The highest BCUT2D eigenvalue weighted by Gasteiger charge is 2.38. The minimum atomic E-state index is -4.81. The van der Waals surface area contributed by atoms with E-state index in [4.69, 9.17) is 4.74 Å². The second kappa shape index (κ2) is 6.62. The number of nitrogens with zero attached hydrogens (tertiary/aromatic N) is 3. The van der Waals surface area contributed by atoms with Crippen molar-refractivity contribution in [2.24, 2.45) is 7.05 Å². The van der Waals surface area contributed by atoms with E-state index in [1.54, 1.807) is 19.3 Å². The van der Waals surface area contributed by atoms with E-state index in [-0.39, 0.29) is 23.5 Å². The summed E-state index contributed by atoms with van der Waals surface area (Å²) in [5.41, 5.74) is -0.226. The molecule has 2 aromatic heterocycles. The standard InChI is InChI=1S/C16H11F4N3O3/c1-23-6-2-3-12(14(23)24)25-8-9-4-5-10(11(17)7-9)13-21-15(26-22-13)16(18,19)20/h2-7H,8H2,1H3. The Balaban J connectivity index is 1.78. The maximum absolute atomic E-state index is 14.2. The molecule has 0 atom stereocenters. The molecule has 0 saturated carbocycles. The highest BCUT2D eigenvalue weighted by Crippen LogP contribution is 2.30. The van der Waals surface area contributed by atoms with Crippen LogP contribution in [0.4, 0.5) is 17.6 Å². The summed E-state index contributed by atoms with van der Waals surface area (Å²) >= 11 is 0. The van der Waals surface area contributed by atoms with Crippen LogP contribution >= 0.6 is 0 Å². The number of alkyl halides is 3. The van der Waals surface area contributed by atoms with Crippen LogP contribution in [0.1, 0.15) is 11.5 Å². The maximum Gasteiger partial charge on any atom is 0.471 e. The van der Waals surface area contributed by atoms with Crippen molar-refractivity contribution in [3.63, 3.8) is 0 Å². The van der Waals surface area contributed by atoms with Crippen molar-refractivity contribution >= 4 is 0 Å². The van der Waals surface area contributed by atoms with Crippen molar-refractivity contribution < 1.29 is 26.8 Å². The van der Waals surface area contributed by atoms with Crippen molar-refractivity contribution in [1.29, 1.82) is 0 Å². The minimum absolute atomic E-state index is 0.0903. The molecular weight excluding hydrogens is 358 g/mol. The SMILES string of the molecule is Cn1cccc(OCc2ccc(-c3noc(C(F)(F)F)n3)c(F)c2)c1=O. The normalized spacial score (nSPS) is 11.6. The first kappa shape index (κ1) is 17.6. The summed E-state index contributed by atoms with van der Waals surface area (Å²) in [4.78, 5) is 15.0. The van der Waals surface area contributed by atoms with E-state index in [1.807, 2.05) is 0 Å². The fraction of sp³-hybridized carbons (Fsp3) is 0.188. The number of benzene rings is 1. The molecule has 0 unspecified atom stereocenters. The average Bonchev–Trinajstić information content (AvgIpc) is 3.06. The van der Waals surface area contributed by atoms with Gasteiger partial charge in [0.15, 0.2) is 5.75 Å². The second-order valence-electron chi connectivity index (χ2n) is 5.31. The van der Waals surface area contributed by atoms with Crippen LogP contribution in [-0.2, 0) is 19.8 Å². The number of rotatable bonds is 4. The van der Waals surface area contributed by atoms with Gasteiger partial charge in [-0.25, -0.2) is 4.39 Å². The zero-order chi connectivity index (χ0) is 18.9. The lowest BCUT2D eigenvalue weighted by atomic mass is 10.1. The smallest absolute Gasteiger partial charge is 0.471 e. The molecule has 0 fully saturated rings. The molecule has 0 amide bonds. The number of halogens is 4. The molecule has 0 aliphatic heterocycles. The number of aromatic nitrogens is 3. The Morgan fingerprint density at radius 1 is 1.27 bits per heavy atom. The first-order valence-corrected chi connectivity index (χ1v) is 7.24. The number of ether oxygens (including phenoxy) is 1. The van der Waals surface area contributed by atoms with Gasteiger partial charge in [0.2, 0.25) is 5.82 Å². The summed E-state index contributed by atoms with van der Waals surface area (Å²) in [6, 6.07) is 6.80. The summed E-state index contributed by atoms with van der Waals surface area (Å²) in [5, 5.41) is 3.14. The van der Waals surface area contributed by atoms with Crippen LogP contribution in [0.3, 0.4) is 0 Å². The van der Waals surface area contributed by atoms with E-state index in [9.17, 15) is 22.4 Å². The van der Waals surface area contributed by atoms with E-state index in [0.29, 0.717) is 5.56 Å². The lowest BCUT2D eigenvalue weighted by Crippen LogP contribution is -2.17. The Morgan fingerprint density at radius 2 is 2.04 bits per heavy atom. The Bertz CT molecular complexity index is 995. The molecule has 26 heavy (non-hydrogen) atoms. The molecule has 0 saturated heterocycles. The average molecular weight is 369 g/mol. The third-order valence-electron chi connectivity index (χ3n) is 3.43. The van der Waals surface area contributed by atoms with Gasteiger partial charge >= 0.3 is 12.1 Å². The topological polar surface area (TPSA) is 70.2 Å². The summed E-state index contributed by atoms with van der Waals surface area (Å²) in [6.45, 7) is -0.101. The predicted octanol–water partition coefficient (Wildman–Crippen LogP) is 3.17. The molecule has 6 nitrogen and oxygen atoms in total. The van der Waals surface area contributed by atoms with Gasteiger partial charge in [-0.1, -0.05) is 11.2 Å². The van der Waals surface area contributed by atoms with Gasteiger partial charge in [-0.15, -0.1) is 0 Å². The Labute approximate surface area is 143 Å². The van der Waals surface area contributed by atoms with E-state index in [1.165, 1.54) is 22.8 Å². The number of hydrogen-bond donors (Lipinski definition) is 0. The predicted molar refractivity (Wildman–Crippen MR) is 80.7 cm³/mol. The summed E-state index contributed by atoms with van der Waals surface area (Å²) in [7, 11) is 1.56. The number of pyridine rings is 1. The first-order chi connectivity index (χ1) is 12.3. The van der Waals surface area contributed by atoms with Gasteiger partial charge in [0.05, 0.1) is 5.56 Å². The van der Waals surface area contributed by atoms with Crippen molar-refractivity contribution in [2.45, 2.75) is 12.8 Å². The van der Waals surface area contributed by atoms with Gasteiger partial charge in [-0.2, -0.15) is 18.2 Å². The molecule has 2 heterocycles. The first-order valence-electron chi connectivity index (χ1n) is 7.24. The molecular formula is C16H11F4N3O3. The van der Waals surface area contributed by atoms with Crippen LogP contribution in [-0.4, -0.2) is 14.7 Å². The summed E-state index contributed by atoms with van der Waals surface area (Å²) < 4.78 is 62.4. The molecule has 10 heteroatoms. The minimum Gasteiger partial charge on any atom is -0.483 e. The van der Waals surface area contributed by atoms with Crippen molar-refractivity contribution in [2.75, 3.05) is 0 Å². The van der Waals surface area contributed by atoms with Gasteiger partial charge < -0.3 is 13.8 Å². The van der Waals surface area contributed by atoms with Crippen LogP contribution in [0.5, 0.6) is 5.75 Å². The van der Waals surface area contributed by atoms with Crippen molar-refractivity contribution in [1.82, 2.24) is 14.7 Å². The number of hydrogen-bond acceptors (Lipinski definition) is 5. The van der Waals surface area contributed by atoms with E-state index in [0.717, 1.165) is 6.07 Å². The van der Waals surface area contributed by atoms with E-state index < -0.39 is 23.7 Å². The Kier molecular flexibility index (Phi) is 4.49. The monoisotopic (exact) mass is 369 g/mol. The van der Waals surface area contributed by atoms with Gasteiger partial charge in [0, 0.05) is 13.2 Å². The van der Waals surface area contributed by atoms with Crippen LogP contribution < -0.4 is 10.3 Å². The zero-order valence-electron chi connectivity index (χ0n) is 13.2. The summed E-state index contributed by atoms with van der Waals surface area (Å²) in [5.74, 6) is -2.83. The molecule has 3 aromatic rings. The lowest BCUT2D eigenvalue weighted by molar-refractivity contribution is -0.159. The van der Waals surface area contributed by atoms with Gasteiger partial charge in [0.25, 0.3) is 5.56 Å². The molecule has 0 spiro atoms. The highest BCUT2D eigenvalue weighted by molar-refractivity contribution is 5.55. The van der Waals surface area contributed by atoms with Crippen LogP contribution in [0.2, 0.25) is 0 Å². The molecule has 0 N–H and O–H groups in total. The fourth-order valence-corrected chi connectivity index (χ4v) is 2.12. The maximum atomic E-state index is 14.2. The quantitative estimate of drug-likeness (QED) is 0.661. The molecule has 0 aliphatic rings. The van der Waals surface area contributed by atoms with E-state index in [2.05, 4.69) is 14.7 Å². The molecule has 0 aliphatic carbocycles. The van der Waals surface area contributed by atoms with Crippen molar-refractivity contribution in [3.05, 3.63) is 64.2 Å². The second-order valence-corrected chi connectivity index (χ2v) is 5.31. The van der Waals surface area contributed by atoms with Gasteiger partial charge in [-0.05, 0) is 29.8 Å². The Hall–Kier alpha value is -3.17. The van der Waals surface area contributed by atoms with Crippen molar-refractivity contribution in [3.8, 4) is 17.1 Å². The number of aryl methyl sites for hydroxylation is 1. The molecule has 1 aromatic carbocycles. The van der Waals surface area contributed by atoms with Crippen LogP contribution in [0, 0.1) is 5.82 Å². The Morgan fingerprint density at radius 3 is 2.69 bits per heavy atom. The molecule has 0 radical (unpaired) electrons. The van der Waals surface area contributed by atoms with Crippen LogP contribution in [0.15, 0.2) is 45.8 Å². The van der Waals surface area contributed by atoms with Gasteiger partial charge in [-0.3, -0.25) is 4.79 Å². The van der Waals surface area contributed by atoms with Crippen LogP contribution in [0.25, 0.3) is 11.4 Å². The largest absolute Gasteiger partial charge is 0.483 e. The third kappa shape index (κ3) is 3.58. The lowest BCUT2D eigenvalue weighted by Gasteiger charge is -2.07. The van der Waals surface area contributed by atoms with Gasteiger partial charge in [0.1, 0.15) is 12.4 Å². The molecule has 0 bridgehead atoms. The third-order valence-corrected chi connectivity index (χ3v) is 3.43. The fourth-order valence-electron chi connectivity index (χ4n) is 2.12. The highest BCUT2D eigenvalue weighted by atomic mass is 19.4. The summed E-state index contributed by atoms with van der Waals surface area (Å²) in [6.07, 6.45) is -3.25. The zero-order valence-corrected chi connectivity index (χ0v) is 13.2. The molecule has 136 valence electrons. The van der Waals surface area contributed by atoms with E-state index >= 15 is 0 Å². The molecule has 3 rings (SSSR count).